The number of hydrogen-bond acceptors (Lipinski definition) is 1. The smallest absolute Gasteiger partial charge is 0.335 e. The number of carboxylic acids is 1. The van der Waals surface area contributed by atoms with E-state index in [1.807, 2.05) is 24.3 Å². The lowest BCUT2D eigenvalue weighted by atomic mass is 9.92. The summed E-state index contributed by atoms with van der Waals surface area (Å²) in [6.07, 6.45) is 10.2. The summed E-state index contributed by atoms with van der Waals surface area (Å²) < 4.78 is 0. The maximum absolute atomic E-state index is 11.0. The van der Waals surface area contributed by atoms with Gasteiger partial charge >= 0.3 is 5.97 Å². The van der Waals surface area contributed by atoms with Crippen molar-refractivity contribution >= 4 is 17.6 Å². The van der Waals surface area contributed by atoms with Gasteiger partial charge in [-0.25, -0.2) is 4.79 Å². The van der Waals surface area contributed by atoms with E-state index in [-0.39, 0.29) is 0 Å². The predicted molar refractivity (Wildman–Crippen MR) is 71.1 cm³/mol. The molecular formula is C16H12O2. The van der Waals surface area contributed by atoms with Gasteiger partial charge in [-0.05, 0) is 34.1 Å². The molecule has 2 heteroatoms. The van der Waals surface area contributed by atoms with Crippen LogP contribution in [0.5, 0.6) is 0 Å². The monoisotopic (exact) mass is 236 g/mol. The number of rotatable bonds is 1. The second-order valence-corrected chi connectivity index (χ2v) is 4.36. The lowest BCUT2D eigenvalue weighted by Gasteiger charge is -2.12. The van der Waals surface area contributed by atoms with Gasteiger partial charge in [0.05, 0.1) is 5.57 Å². The average molecular weight is 236 g/mol. The summed E-state index contributed by atoms with van der Waals surface area (Å²) in [7, 11) is 0. The van der Waals surface area contributed by atoms with Crippen LogP contribution in [0.1, 0.15) is 6.42 Å². The first-order valence-electron chi connectivity index (χ1n) is 5.88. The Balaban J connectivity index is 2.27. The van der Waals surface area contributed by atoms with Crippen molar-refractivity contribution < 1.29 is 9.90 Å². The largest absolute Gasteiger partial charge is 0.478 e. The van der Waals surface area contributed by atoms with Crippen molar-refractivity contribution in [1.29, 1.82) is 0 Å². The maximum Gasteiger partial charge on any atom is 0.335 e. The molecule has 0 aliphatic heterocycles. The van der Waals surface area contributed by atoms with E-state index in [2.05, 4.69) is 18.2 Å². The summed E-state index contributed by atoms with van der Waals surface area (Å²) in [5, 5.41) is 11.4. The van der Waals surface area contributed by atoms with Gasteiger partial charge < -0.3 is 5.11 Å². The summed E-state index contributed by atoms with van der Waals surface area (Å²) in [4.78, 5) is 11.0. The Morgan fingerprint density at radius 1 is 1.22 bits per heavy atom. The molecule has 0 atom stereocenters. The standard InChI is InChI=1S/C16H12O2/c17-16(18)13-8-9-15-12(10-13)6-3-5-11-4-1-2-7-14(11)15/h1-8,10H,9H2,(H,17,18). The molecule has 0 spiro atoms. The van der Waals surface area contributed by atoms with Gasteiger partial charge in [-0.15, -0.1) is 0 Å². The normalized spacial score (nSPS) is 16.8. The SMILES string of the molecule is O=C(O)C1=CCC2=c3ccccc3=CC=CC2=C1. The number of carbonyl (C=O) groups is 1. The molecule has 0 fully saturated rings. The average Bonchev–Trinajstić information content (AvgIpc) is 2.57. The molecule has 2 aliphatic rings. The highest BCUT2D eigenvalue weighted by molar-refractivity contribution is 5.93. The van der Waals surface area contributed by atoms with Crippen LogP contribution < -0.4 is 10.4 Å². The molecule has 0 saturated carbocycles. The Morgan fingerprint density at radius 3 is 2.89 bits per heavy atom. The molecule has 88 valence electrons. The number of benzene rings is 1. The molecule has 0 amide bonds. The van der Waals surface area contributed by atoms with Crippen molar-refractivity contribution in [3.05, 3.63) is 70.2 Å². The third-order valence-electron chi connectivity index (χ3n) is 3.27. The highest BCUT2D eigenvalue weighted by Gasteiger charge is 2.14. The van der Waals surface area contributed by atoms with Crippen molar-refractivity contribution in [3.63, 3.8) is 0 Å². The number of fused-ring (bicyclic) bond motifs is 2. The molecule has 0 saturated heterocycles. The van der Waals surface area contributed by atoms with Crippen molar-refractivity contribution in [2.75, 3.05) is 0 Å². The van der Waals surface area contributed by atoms with Crippen molar-refractivity contribution in [3.8, 4) is 0 Å². The van der Waals surface area contributed by atoms with Gasteiger partial charge in [0.15, 0.2) is 0 Å². The van der Waals surface area contributed by atoms with Gasteiger partial charge in [0.25, 0.3) is 0 Å². The van der Waals surface area contributed by atoms with E-state index in [9.17, 15) is 4.79 Å². The Kier molecular flexibility index (Phi) is 2.49. The molecule has 1 aromatic rings. The van der Waals surface area contributed by atoms with E-state index < -0.39 is 5.97 Å². The van der Waals surface area contributed by atoms with E-state index >= 15 is 0 Å². The van der Waals surface area contributed by atoms with E-state index in [0.717, 1.165) is 5.57 Å². The lowest BCUT2D eigenvalue weighted by molar-refractivity contribution is -0.132. The van der Waals surface area contributed by atoms with Gasteiger partial charge in [-0.1, -0.05) is 48.6 Å². The third-order valence-corrected chi connectivity index (χ3v) is 3.27. The molecule has 0 heterocycles. The Hall–Kier alpha value is -2.35. The number of allylic oxidation sites excluding steroid dienone is 4. The highest BCUT2D eigenvalue weighted by Crippen LogP contribution is 2.25. The second-order valence-electron chi connectivity index (χ2n) is 4.36. The van der Waals surface area contributed by atoms with Crippen LogP contribution >= 0.6 is 0 Å². The third kappa shape index (κ3) is 1.72. The van der Waals surface area contributed by atoms with Gasteiger partial charge in [-0.2, -0.15) is 0 Å². The van der Waals surface area contributed by atoms with Gasteiger partial charge in [-0.3, -0.25) is 0 Å². The summed E-state index contributed by atoms with van der Waals surface area (Å²) in [5.41, 5.74) is 2.56. The van der Waals surface area contributed by atoms with Crippen LogP contribution in [0.15, 0.2) is 59.7 Å². The van der Waals surface area contributed by atoms with Gasteiger partial charge in [0.2, 0.25) is 0 Å². The zero-order chi connectivity index (χ0) is 12.5. The molecule has 1 aromatic carbocycles. The van der Waals surface area contributed by atoms with E-state index in [4.69, 9.17) is 5.11 Å². The molecule has 2 nitrogen and oxygen atoms in total. The minimum Gasteiger partial charge on any atom is -0.478 e. The molecule has 0 unspecified atom stereocenters. The molecule has 0 radical (unpaired) electrons. The summed E-state index contributed by atoms with van der Waals surface area (Å²) >= 11 is 0. The molecule has 1 N–H and O–H groups in total. The second kappa shape index (κ2) is 4.15. The summed E-state index contributed by atoms with van der Waals surface area (Å²) in [6.45, 7) is 0. The maximum atomic E-state index is 11.0. The van der Waals surface area contributed by atoms with Crippen molar-refractivity contribution in [1.82, 2.24) is 0 Å². The molecule has 18 heavy (non-hydrogen) atoms. The zero-order valence-corrected chi connectivity index (χ0v) is 9.76. The fourth-order valence-corrected chi connectivity index (χ4v) is 2.38. The Labute approximate surface area is 105 Å². The Morgan fingerprint density at radius 2 is 2.06 bits per heavy atom. The van der Waals surface area contributed by atoms with Crippen LogP contribution in [0.2, 0.25) is 0 Å². The molecule has 0 bridgehead atoms. The van der Waals surface area contributed by atoms with Crippen LogP contribution in [0, 0.1) is 0 Å². The fraction of sp³-hybridized carbons (Fsp3) is 0.0625. The zero-order valence-electron chi connectivity index (χ0n) is 9.76. The van der Waals surface area contributed by atoms with E-state index in [0.29, 0.717) is 12.0 Å². The van der Waals surface area contributed by atoms with Gasteiger partial charge in [0.1, 0.15) is 0 Å². The predicted octanol–water partition coefficient (Wildman–Crippen LogP) is 1.53. The van der Waals surface area contributed by atoms with Crippen molar-refractivity contribution in [2.24, 2.45) is 0 Å². The lowest BCUT2D eigenvalue weighted by Crippen LogP contribution is -2.26. The minimum atomic E-state index is -0.864. The number of carboxylic acid groups (broad SMARTS) is 1. The van der Waals surface area contributed by atoms with Crippen LogP contribution in [0.3, 0.4) is 0 Å². The first-order valence-corrected chi connectivity index (χ1v) is 5.88. The van der Waals surface area contributed by atoms with E-state index in [1.54, 1.807) is 12.2 Å². The van der Waals surface area contributed by atoms with Crippen molar-refractivity contribution in [2.45, 2.75) is 6.42 Å². The Bertz CT molecular complexity index is 731. The van der Waals surface area contributed by atoms with Gasteiger partial charge in [0, 0.05) is 0 Å². The molecular weight excluding hydrogens is 224 g/mol. The minimum absolute atomic E-state index is 0.373. The van der Waals surface area contributed by atoms with Crippen LogP contribution in [0.25, 0.3) is 11.6 Å². The van der Waals surface area contributed by atoms with Crippen LogP contribution in [-0.2, 0) is 4.79 Å². The summed E-state index contributed by atoms with van der Waals surface area (Å²) in [6, 6.07) is 8.19. The fourth-order valence-electron chi connectivity index (χ4n) is 2.38. The molecule has 0 aromatic heterocycles. The quantitative estimate of drug-likeness (QED) is 0.803. The number of aliphatic carboxylic acids is 1. The van der Waals surface area contributed by atoms with Crippen LogP contribution in [-0.4, -0.2) is 11.1 Å². The molecule has 2 aliphatic carbocycles. The highest BCUT2D eigenvalue weighted by atomic mass is 16.4. The first kappa shape index (κ1) is 10.8. The topological polar surface area (TPSA) is 37.3 Å². The first-order chi connectivity index (χ1) is 8.75. The van der Waals surface area contributed by atoms with E-state index in [1.165, 1.54) is 16.0 Å². The summed E-state index contributed by atoms with van der Waals surface area (Å²) in [5.74, 6) is -0.864. The number of hydrogen-bond donors (Lipinski definition) is 1. The molecule has 3 rings (SSSR count). The van der Waals surface area contributed by atoms with Crippen LogP contribution in [0.4, 0.5) is 0 Å².